The van der Waals surface area contributed by atoms with Crippen molar-refractivity contribution in [2.24, 2.45) is 0 Å². The van der Waals surface area contributed by atoms with Crippen LogP contribution in [0, 0.1) is 0 Å². The molecule has 390 valence electrons. The van der Waals surface area contributed by atoms with Gasteiger partial charge in [-0.1, -0.05) is 279 Å². The Kier molecular flexibility index (Phi) is 11.9. The van der Waals surface area contributed by atoms with Crippen molar-refractivity contribution in [1.29, 1.82) is 0 Å². The fourth-order valence-electron chi connectivity index (χ4n) is 13.4. The smallest absolute Gasteiger partial charge is 0.0708 e. The van der Waals surface area contributed by atoms with Crippen LogP contribution < -0.4 is 0 Å². The average molecular weight is 1070 g/mol. The molecule has 2 aromatic heterocycles. The van der Waals surface area contributed by atoms with Crippen molar-refractivity contribution in [3.05, 3.63) is 316 Å². The Bertz CT molecular complexity index is 5100. The van der Waals surface area contributed by atoms with E-state index in [4.69, 9.17) is 9.97 Å². The summed E-state index contributed by atoms with van der Waals surface area (Å²) in [6.07, 6.45) is 4.14. The number of hydrogen-bond acceptors (Lipinski definition) is 2. The van der Waals surface area contributed by atoms with Crippen molar-refractivity contribution in [3.8, 4) is 100 Å². The van der Waals surface area contributed by atoms with Gasteiger partial charge in [-0.2, -0.15) is 0 Å². The van der Waals surface area contributed by atoms with Gasteiger partial charge in [0.25, 0.3) is 0 Å². The Morgan fingerprint density at radius 2 is 0.536 bits per heavy atom. The van der Waals surface area contributed by atoms with Crippen molar-refractivity contribution in [3.63, 3.8) is 0 Å². The number of rotatable bonds is 9. The third-order valence-electron chi connectivity index (χ3n) is 17.2. The number of aromatic nitrogens is 2. The predicted octanol–water partition coefficient (Wildman–Crippen LogP) is 22.4. The number of fused-ring (bicyclic) bond motifs is 6. The molecule has 0 saturated carbocycles. The lowest BCUT2D eigenvalue weighted by Gasteiger charge is -2.21. The highest BCUT2D eigenvalue weighted by molar-refractivity contribution is 6.24. The van der Waals surface area contributed by atoms with Crippen LogP contribution in [0.15, 0.2) is 316 Å². The summed E-state index contributed by atoms with van der Waals surface area (Å²) in [7, 11) is 0. The van der Waals surface area contributed by atoms with E-state index >= 15 is 0 Å². The SMILES string of the molecule is c1ccc(-c2cccc(-c3c4ccccc4c(-c4ccc(-c5ccc(-c6ccc(-c7c8ccccc8c(-c8ccc(-c9cccc%10ccccc9%10)nc8)c8ccccc78)c(-c7ccccc7)c6)c6ccccc56)nc4)c4ccccc34)c2)cc1. The van der Waals surface area contributed by atoms with Crippen LogP contribution in [0.3, 0.4) is 0 Å². The second kappa shape index (κ2) is 20.5. The largest absolute Gasteiger partial charge is 0.256 e. The number of benzene rings is 14. The standard InChI is InChI=1S/C82H52N2/c1-3-21-53(22-4-1)56-27-19-28-58(49-56)79-67-32-11-13-34-69(67)80(70-35-14-12-33-68(70)79)59-43-48-78(84-52-59)66-46-45-62(63-30-9-10-31-64(63)66)57-41-44-75(76(50-57)55-23-5-2-6-24-55)82-73-38-17-15-36-71(73)81(72-37-16-18-39-74(72)82)60-42-47-77(83-51-60)65-40-20-26-54-25-7-8-29-61(54)65/h1-52H. The minimum absolute atomic E-state index is 0.934. The van der Waals surface area contributed by atoms with E-state index in [0.29, 0.717) is 0 Å². The minimum atomic E-state index is 0.934. The molecular formula is C82H52N2. The third-order valence-corrected chi connectivity index (χ3v) is 17.2. The molecular weight excluding hydrogens is 1010 g/mol. The summed E-state index contributed by atoms with van der Waals surface area (Å²) in [6.45, 7) is 0. The Morgan fingerprint density at radius 1 is 0.167 bits per heavy atom. The van der Waals surface area contributed by atoms with E-state index in [1.807, 2.05) is 0 Å². The third kappa shape index (κ3) is 8.26. The second-order valence-corrected chi connectivity index (χ2v) is 21.9. The van der Waals surface area contributed by atoms with E-state index in [2.05, 4.69) is 316 Å². The van der Waals surface area contributed by atoms with Gasteiger partial charge < -0.3 is 0 Å². The zero-order valence-electron chi connectivity index (χ0n) is 45.9. The van der Waals surface area contributed by atoms with Gasteiger partial charge in [0.05, 0.1) is 11.4 Å². The van der Waals surface area contributed by atoms with Gasteiger partial charge in [0, 0.05) is 34.6 Å². The van der Waals surface area contributed by atoms with Crippen molar-refractivity contribution < 1.29 is 0 Å². The summed E-state index contributed by atoms with van der Waals surface area (Å²) in [4.78, 5) is 10.5. The van der Waals surface area contributed by atoms with Gasteiger partial charge in [-0.05, 0) is 156 Å². The first-order chi connectivity index (χ1) is 41.7. The normalized spacial score (nSPS) is 11.6. The minimum Gasteiger partial charge on any atom is -0.256 e. The summed E-state index contributed by atoms with van der Waals surface area (Å²) in [5, 5.41) is 14.4. The summed E-state index contributed by atoms with van der Waals surface area (Å²) in [5.41, 5.74) is 20.6. The lowest BCUT2D eigenvalue weighted by atomic mass is 9.83. The van der Waals surface area contributed by atoms with Crippen molar-refractivity contribution in [2.45, 2.75) is 0 Å². The fourth-order valence-corrected chi connectivity index (χ4v) is 13.4. The fraction of sp³-hybridized carbons (Fsp3) is 0. The Hall–Kier alpha value is -11.1. The predicted molar refractivity (Wildman–Crippen MR) is 356 cm³/mol. The molecule has 0 fully saturated rings. The van der Waals surface area contributed by atoms with Crippen molar-refractivity contribution in [1.82, 2.24) is 9.97 Å². The van der Waals surface area contributed by atoms with Crippen LogP contribution >= 0.6 is 0 Å². The highest BCUT2D eigenvalue weighted by atomic mass is 14.7. The van der Waals surface area contributed by atoms with Gasteiger partial charge in [-0.15, -0.1) is 0 Å². The quantitative estimate of drug-likeness (QED) is 0.135. The van der Waals surface area contributed by atoms with Crippen LogP contribution in [0.2, 0.25) is 0 Å². The van der Waals surface area contributed by atoms with Crippen LogP contribution in [0.25, 0.3) is 165 Å². The van der Waals surface area contributed by atoms with Gasteiger partial charge in [0.15, 0.2) is 0 Å². The van der Waals surface area contributed by atoms with Crippen molar-refractivity contribution in [2.75, 3.05) is 0 Å². The van der Waals surface area contributed by atoms with Crippen LogP contribution in [0.1, 0.15) is 0 Å². The van der Waals surface area contributed by atoms with E-state index in [9.17, 15) is 0 Å². The lowest BCUT2D eigenvalue weighted by molar-refractivity contribution is 1.34. The molecule has 0 aliphatic carbocycles. The maximum Gasteiger partial charge on any atom is 0.0708 e. The molecule has 0 atom stereocenters. The molecule has 16 rings (SSSR count). The van der Waals surface area contributed by atoms with E-state index in [1.165, 1.54) is 115 Å². The molecule has 2 heterocycles. The molecule has 0 unspecified atom stereocenters. The van der Waals surface area contributed by atoms with Crippen molar-refractivity contribution >= 4 is 64.6 Å². The molecule has 2 nitrogen and oxygen atoms in total. The van der Waals surface area contributed by atoms with Crippen LogP contribution in [-0.2, 0) is 0 Å². The van der Waals surface area contributed by atoms with Crippen LogP contribution in [0.4, 0.5) is 0 Å². The molecule has 0 amide bonds. The highest BCUT2D eigenvalue weighted by Gasteiger charge is 2.22. The number of nitrogens with zero attached hydrogens (tertiary/aromatic N) is 2. The summed E-state index contributed by atoms with van der Waals surface area (Å²) < 4.78 is 0. The molecule has 14 aromatic carbocycles. The summed E-state index contributed by atoms with van der Waals surface area (Å²) in [6, 6.07) is 110. The first-order valence-electron chi connectivity index (χ1n) is 28.9. The van der Waals surface area contributed by atoms with Gasteiger partial charge >= 0.3 is 0 Å². The molecule has 0 aliphatic heterocycles. The number of hydrogen-bond donors (Lipinski definition) is 0. The van der Waals surface area contributed by atoms with Gasteiger partial charge in [0.2, 0.25) is 0 Å². The molecule has 0 N–H and O–H groups in total. The van der Waals surface area contributed by atoms with E-state index in [1.54, 1.807) is 0 Å². The van der Waals surface area contributed by atoms with E-state index < -0.39 is 0 Å². The van der Waals surface area contributed by atoms with Gasteiger partial charge in [-0.3, -0.25) is 9.97 Å². The molecule has 0 spiro atoms. The first-order valence-corrected chi connectivity index (χ1v) is 28.9. The van der Waals surface area contributed by atoms with Gasteiger partial charge in [0.1, 0.15) is 0 Å². The Morgan fingerprint density at radius 3 is 1.07 bits per heavy atom. The van der Waals surface area contributed by atoms with E-state index in [-0.39, 0.29) is 0 Å². The summed E-state index contributed by atoms with van der Waals surface area (Å²) in [5.74, 6) is 0. The molecule has 2 heteroatoms. The molecule has 0 aliphatic rings. The van der Waals surface area contributed by atoms with Crippen LogP contribution in [0.5, 0.6) is 0 Å². The molecule has 84 heavy (non-hydrogen) atoms. The lowest BCUT2D eigenvalue weighted by Crippen LogP contribution is -1.94. The molecule has 0 bridgehead atoms. The number of pyridine rings is 2. The average Bonchev–Trinajstić information content (AvgIpc) is 2.58. The van der Waals surface area contributed by atoms with E-state index in [0.717, 1.165) is 50.2 Å². The maximum absolute atomic E-state index is 5.31. The maximum atomic E-state index is 5.31. The summed E-state index contributed by atoms with van der Waals surface area (Å²) >= 11 is 0. The topological polar surface area (TPSA) is 25.8 Å². The zero-order chi connectivity index (χ0) is 55.5. The molecule has 0 radical (unpaired) electrons. The van der Waals surface area contributed by atoms with Gasteiger partial charge in [-0.25, -0.2) is 0 Å². The Balaban J connectivity index is 0.793. The Labute approximate surface area is 487 Å². The molecule has 16 aromatic rings. The molecule has 0 saturated heterocycles. The zero-order valence-corrected chi connectivity index (χ0v) is 45.9. The monoisotopic (exact) mass is 1060 g/mol. The second-order valence-electron chi connectivity index (χ2n) is 21.9. The first kappa shape index (κ1) is 48.8. The highest BCUT2D eigenvalue weighted by Crippen LogP contribution is 2.49. The van der Waals surface area contributed by atoms with Crippen LogP contribution in [-0.4, -0.2) is 9.97 Å².